The highest BCUT2D eigenvalue weighted by molar-refractivity contribution is 8.26. The second kappa shape index (κ2) is 9.37. The fourth-order valence-corrected chi connectivity index (χ4v) is 4.45. The molecule has 0 spiro atoms. The van der Waals surface area contributed by atoms with Gasteiger partial charge in [0, 0.05) is 5.56 Å². The van der Waals surface area contributed by atoms with Gasteiger partial charge in [-0.15, -0.1) is 0 Å². The normalized spacial score (nSPS) is 19.6. The van der Waals surface area contributed by atoms with E-state index in [2.05, 4.69) is 0 Å². The molecule has 1 heterocycles. The van der Waals surface area contributed by atoms with Crippen molar-refractivity contribution in [3.05, 3.63) is 34.7 Å². The fraction of sp³-hybridized carbons (Fsp3) is 0.450. The molecule has 1 aromatic carbocycles. The van der Waals surface area contributed by atoms with Gasteiger partial charge in [0.25, 0.3) is 5.91 Å². The highest BCUT2D eigenvalue weighted by Gasteiger charge is 2.34. The van der Waals surface area contributed by atoms with Crippen molar-refractivity contribution in [2.24, 2.45) is 0 Å². The van der Waals surface area contributed by atoms with Crippen LogP contribution in [-0.2, 0) is 14.3 Å². The zero-order chi connectivity index (χ0) is 19.2. The summed E-state index contributed by atoms with van der Waals surface area (Å²) in [4.78, 5) is 26.8. The summed E-state index contributed by atoms with van der Waals surface area (Å²) < 4.78 is 11.5. The zero-order valence-corrected chi connectivity index (χ0v) is 16.9. The van der Waals surface area contributed by atoms with E-state index < -0.39 is 5.97 Å². The van der Waals surface area contributed by atoms with Crippen LogP contribution in [0, 0.1) is 0 Å². The third kappa shape index (κ3) is 5.11. The Kier molecular flexibility index (Phi) is 6.90. The molecule has 5 nitrogen and oxygen atoms in total. The summed E-state index contributed by atoms with van der Waals surface area (Å²) in [6.45, 7) is 2.32. The molecule has 3 rings (SSSR count). The van der Waals surface area contributed by atoms with Crippen LogP contribution in [0.25, 0.3) is 6.08 Å². The fourth-order valence-electron chi connectivity index (χ4n) is 3.20. The van der Waals surface area contributed by atoms with E-state index in [4.69, 9.17) is 21.7 Å². The third-order valence-electron chi connectivity index (χ3n) is 4.52. The van der Waals surface area contributed by atoms with Crippen molar-refractivity contribution in [1.82, 2.24) is 4.90 Å². The number of benzene rings is 1. The van der Waals surface area contributed by atoms with Gasteiger partial charge >= 0.3 is 5.97 Å². The molecule has 0 aromatic heterocycles. The number of thioether (sulfide) groups is 1. The molecular weight excluding hydrogens is 382 g/mol. The Morgan fingerprint density at radius 3 is 2.78 bits per heavy atom. The lowest BCUT2D eigenvalue weighted by Gasteiger charge is -2.23. The quantitative estimate of drug-likeness (QED) is 0.402. The number of nitrogens with zero attached hydrogens (tertiary/aromatic N) is 1. The second-order valence-electron chi connectivity index (χ2n) is 6.49. The molecule has 1 saturated carbocycles. The van der Waals surface area contributed by atoms with Crippen LogP contribution >= 0.6 is 24.0 Å². The molecule has 2 aliphatic rings. The van der Waals surface area contributed by atoms with Crippen LogP contribution in [0.2, 0.25) is 0 Å². The Morgan fingerprint density at radius 2 is 2.04 bits per heavy atom. The van der Waals surface area contributed by atoms with Gasteiger partial charge in [0.1, 0.15) is 22.7 Å². The van der Waals surface area contributed by atoms with Crippen LogP contribution in [0.5, 0.6) is 5.75 Å². The molecule has 0 N–H and O–H groups in total. The van der Waals surface area contributed by atoms with Crippen LogP contribution in [0.15, 0.2) is 29.2 Å². The summed E-state index contributed by atoms with van der Waals surface area (Å²) in [5.74, 6) is 0.0491. The number of ether oxygens (including phenoxy) is 2. The summed E-state index contributed by atoms with van der Waals surface area (Å²) in [5, 5.41) is 0. The molecule has 1 aliphatic carbocycles. The zero-order valence-electron chi connectivity index (χ0n) is 15.3. The van der Waals surface area contributed by atoms with E-state index in [1.807, 2.05) is 31.2 Å². The molecule has 1 saturated heterocycles. The number of hydrogen-bond donors (Lipinski definition) is 0. The SMILES string of the molecule is CCOc1ccccc1C=C1SC(=S)N(CC(=O)OC2CCCCC2)C1=O. The Labute approximate surface area is 169 Å². The lowest BCUT2D eigenvalue weighted by molar-refractivity contribution is -0.152. The maximum Gasteiger partial charge on any atom is 0.326 e. The van der Waals surface area contributed by atoms with E-state index in [1.165, 1.54) is 23.1 Å². The van der Waals surface area contributed by atoms with Crippen molar-refractivity contribution in [2.45, 2.75) is 45.1 Å². The van der Waals surface area contributed by atoms with Crippen molar-refractivity contribution >= 4 is 46.3 Å². The van der Waals surface area contributed by atoms with E-state index >= 15 is 0 Å². The highest BCUT2D eigenvalue weighted by Crippen LogP contribution is 2.34. The van der Waals surface area contributed by atoms with Gasteiger partial charge in [-0.25, -0.2) is 0 Å². The molecule has 0 radical (unpaired) electrons. The molecule has 1 aromatic rings. The van der Waals surface area contributed by atoms with Gasteiger partial charge in [-0.05, 0) is 44.7 Å². The molecule has 0 atom stereocenters. The molecular formula is C20H23NO4S2. The lowest BCUT2D eigenvalue weighted by Crippen LogP contribution is -2.36. The first-order chi connectivity index (χ1) is 13.1. The number of para-hydroxylation sites is 1. The molecule has 0 unspecified atom stereocenters. The standard InChI is InChI=1S/C20H23NO4S2/c1-2-24-16-11-7-6-8-14(16)12-17-19(23)21(20(26)27-17)13-18(22)25-15-9-4-3-5-10-15/h6-8,11-12,15H,2-5,9-10,13H2,1H3. The first-order valence-electron chi connectivity index (χ1n) is 9.25. The molecule has 0 bridgehead atoms. The van der Waals surface area contributed by atoms with Crippen molar-refractivity contribution in [2.75, 3.05) is 13.2 Å². The minimum Gasteiger partial charge on any atom is -0.493 e. The number of rotatable bonds is 6. The number of carbonyl (C=O) groups excluding carboxylic acids is 2. The second-order valence-corrected chi connectivity index (χ2v) is 8.16. The van der Waals surface area contributed by atoms with Crippen molar-refractivity contribution < 1.29 is 19.1 Å². The smallest absolute Gasteiger partial charge is 0.326 e. The van der Waals surface area contributed by atoms with Crippen LogP contribution in [0.3, 0.4) is 0 Å². The number of carbonyl (C=O) groups is 2. The first-order valence-corrected chi connectivity index (χ1v) is 10.5. The number of esters is 1. The Bertz CT molecular complexity index is 756. The highest BCUT2D eigenvalue weighted by atomic mass is 32.2. The van der Waals surface area contributed by atoms with E-state index in [0.717, 1.165) is 31.2 Å². The molecule has 1 amide bonds. The first kappa shape index (κ1) is 19.9. The van der Waals surface area contributed by atoms with Crippen LogP contribution in [-0.4, -0.2) is 40.4 Å². The van der Waals surface area contributed by atoms with Gasteiger partial charge < -0.3 is 9.47 Å². The molecule has 2 fully saturated rings. The summed E-state index contributed by atoms with van der Waals surface area (Å²) >= 11 is 6.50. The van der Waals surface area contributed by atoms with E-state index in [1.54, 1.807) is 6.08 Å². The molecule has 144 valence electrons. The van der Waals surface area contributed by atoms with Gasteiger partial charge in [0.15, 0.2) is 0 Å². The Balaban J connectivity index is 1.67. The van der Waals surface area contributed by atoms with Gasteiger partial charge in [0.2, 0.25) is 0 Å². The average Bonchev–Trinajstić information content (AvgIpc) is 2.92. The average molecular weight is 406 g/mol. The van der Waals surface area contributed by atoms with Crippen molar-refractivity contribution in [3.63, 3.8) is 0 Å². The summed E-state index contributed by atoms with van der Waals surface area (Å²) in [6.07, 6.45) is 6.89. The molecule has 1 aliphatic heterocycles. The van der Waals surface area contributed by atoms with Crippen LogP contribution in [0.1, 0.15) is 44.6 Å². The van der Waals surface area contributed by atoms with Crippen molar-refractivity contribution in [3.8, 4) is 5.75 Å². The van der Waals surface area contributed by atoms with Crippen LogP contribution in [0.4, 0.5) is 0 Å². The predicted molar refractivity (Wildman–Crippen MR) is 110 cm³/mol. The Hall–Kier alpha value is -1.86. The van der Waals surface area contributed by atoms with Gasteiger partial charge in [0.05, 0.1) is 11.5 Å². The van der Waals surface area contributed by atoms with E-state index in [-0.39, 0.29) is 18.6 Å². The van der Waals surface area contributed by atoms with Gasteiger partial charge in [-0.3, -0.25) is 14.5 Å². The Morgan fingerprint density at radius 1 is 1.30 bits per heavy atom. The predicted octanol–water partition coefficient (Wildman–Crippen LogP) is 4.16. The molecule has 27 heavy (non-hydrogen) atoms. The molecule has 7 heteroatoms. The lowest BCUT2D eigenvalue weighted by atomic mass is 9.98. The summed E-state index contributed by atoms with van der Waals surface area (Å²) in [7, 11) is 0. The third-order valence-corrected chi connectivity index (χ3v) is 5.89. The van der Waals surface area contributed by atoms with Crippen molar-refractivity contribution in [1.29, 1.82) is 0 Å². The monoisotopic (exact) mass is 405 g/mol. The maximum atomic E-state index is 12.7. The summed E-state index contributed by atoms with van der Waals surface area (Å²) in [5.41, 5.74) is 0.810. The summed E-state index contributed by atoms with van der Waals surface area (Å²) in [6, 6.07) is 7.51. The topological polar surface area (TPSA) is 55.8 Å². The number of hydrogen-bond acceptors (Lipinski definition) is 6. The van der Waals surface area contributed by atoms with Gasteiger partial charge in [-0.2, -0.15) is 0 Å². The number of amides is 1. The number of thiocarbonyl (C=S) groups is 1. The van der Waals surface area contributed by atoms with E-state index in [9.17, 15) is 9.59 Å². The van der Waals surface area contributed by atoms with Crippen LogP contribution < -0.4 is 4.74 Å². The minimum atomic E-state index is -0.394. The van der Waals surface area contributed by atoms with E-state index in [0.29, 0.717) is 21.6 Å². The largest absolute Gasteiger partial charge is 0.493 e. The maximum absolute atomic E-state index is 12.7. The minimum absolute atomic E-state index is 0.0294. The van der Waals surface area contributed by atoms with Gasteiger partial charge in [-0.1, -0.05) is 48.6 Å².